The molecule has 0 saturated heterocycles. The smallest absolute Gasteiger partial charge is 0.0812 e. The number of nitrogens with zero attached hydrogens (tertiary/aromatic N) is 1. The fourth-order valence-corrected chi connectivity index (χ4v) is 1.48. The zero-order chi connectivity index (χ0) is 9.52. The van der Waals surface area contributed by atoms with E-state index in [9.17, 15) is 0 Å². The molecule has 0 aliphatic heterocycles. The lowest BCUT2D eigenvalue weighted by Crippen LogP contribution is -1.61. The Morgan fingerprint density at radius 1 is 1.15 bits per heavy atom. The number of benzene rings is 1. The van der Waals surface area contributed by atoms with Gasteiger partial charge in [0.25, 0.3) is 0 Å². The topological polar surface area (TPSA) is 12.9 Å². The number of aromatic nitrogens is 1. The average molecular weight is 191 g/mol. The fourth-order valence-electron chi connectivity index (χ4n) is 0.803. The quantitative estimate of drug-likeness (QED) is 0.576. The number of hydrogen-bond donors (Lipinski definition) is 0. The molecule has 1 heterocycles. The van der Waals surface area contributed by atoms with Crippen molar-refractivity contribution in [3.63, 3.8) is 0 Å². The molecule has 0 atom stereocenters. The molecule has 0 aliphatic rings. The Hall–Kier alpha value is -1.15. The number of hydrogen-bond acceptors (Lipinski definition) is 2. The Balaban J connectivity index is 0.000000184. The summed E-state index contributed by atoms with van der Waals surface area (Å²) in [6, 6.07) is 8.13. The Bertz CT molecular complexity index is 342. The van der Waals surface area contributed by atoms with Crippen molar-refractivity contribution in [2.75, 3.05) is 0 Å². The summed E-state index contributed by atoms with van der Waals surface area (Å²) in [5, 5.41) is 0. The van der Waals surface area contributed by atoms with Crippen LogP contribution in [-0.2, 0) is 0 Å². The van der Waals surface area contributed by atoms with E-state index in [2.05, 4.69) is 11.1 Å². The fraction of sp³-hybridized carbons (Fsp3) is 0.182. The van der Waals surface area contributed by atoms with Crippen LogP contribution in [0.5, 0.6) is 0 Å². The Morgan fingerprint density at radius 3 is 2.46 bits per heavy atom. The van der Waals surface area contributed by atoms with Crippen molar-refractivity contribution >= 4 is 21.6 Å². The second kappa shape index (κ2) is 5.49. The van der Waals surface area contributed by atoms with Gasteiger partial charge in [-0.05, 0) is 26.0 Å². The van der Waals surface area contributed by atoms with Crippen molar-refractivity contribution < 1.29 is 0 Å². The summed E-state index contributed by atoms with van der Waals surface area (Å²) < 4.78 is 1.26. The summed E-state index contributed by atoms with van der Waals surface area (Å²) >= 11 is 1.68. The first-order valence-corrected chi connectivity index (χ1v) is 5.12. The van der Waals surface area contributed by atoms with Gasteiger partial charge in [0.2, 0.25) is 0 Å². The minimum Gasteiger partial charge on any atom is -0.245 e. The standard InChI is InChI=1S/C7H5NS.C4H8/c1-2-4-7-6(3-1)8-5-9-7;1-3-4-2/h1-5H;3-4H,1-2H3. The molecule has 0 radical (unpaired) electrons. The van der Waals surface area contributed by atoms with Gasteiger partial charge in [0.1, 0.15) is 0 Å². The van der Waals surface area contributed by atoms with E-state index < -0.39 is 0 Å². The summed E-state index contributed by atoms with van der Waals surface area (Å²) in [5.41, 5.74) is 2.97. The van der Waals surface area contributed by atoms with Crippen LogP contribution in [0.25, 0.3) is 10.2 Å². The molecule has 0 N–H and O–H groups in total. The first-order chi connectivity index (χ1) is 6.38. The average Bonchev–Trinajstić information content (AvgIpc) is 2.66. The van der Waals surface area contributed by atoms with Crippen LogP contribution >= 0.6 is 11.3 Å². The zero-order valence-electron chi connectivity index (χ0n) is 7.90. The highest BCUT2D eigenvalue weighted by molar-refractivity contribution is 7.16. The highest BCUT2D eigenvalue weighted by atomic mass is 32.1. The molecule has 0 aliphatic carbocycles. The molecule has 1 nitrogen and oxygen atoms in total. The van der Waals surface area contributed by atoms with E-state index in [0.29, 0.717) is 0 Å². The maximum atomic E-state index is 4.14. The first kappa shape index (κ1) is 9.93. The van der Waals surface area contributed by atoms with Crippen molar-refractivity contribution in [3.8, 4) is 0 Å². The molecule has 2 aromatic rings. The lowest BCUT2D eigenvalue weighted by atomic mass is 10.3. The van der Waals surface area contributed by atoms with Crippen molar-refractivity contribution in [2.24, 2.45) is 0 Å². The van der Waals surface area contributed by atoms with E-state index in [1.807, 2.05) is 49.7 Å². The molecular weight excluding hydrogens is 178 g/mol. The highest BCUT2D eigenvalue weighted by Crippen LogP contribution is 2.15. The summed E-state index contributed by atoms with van der Waals surface area (Å²) in [5.74, 6) is 0. The van der Waals surface area contributed by atoms with Gasteiger partial charge < -0.3 is 0 Å². The second-order valence-electron chi connectivity index (χ2n) is 2.49. The van der Waals surface area contributed by atoms with Crippen molar-refractivity contribution in [1.82, 2.24) is 4.98 Å². The third-order valence-electron chi connectivity index (χ3n) is 1.57. The molecule has 0 saturated carbocycles. The first-order valence-electron chi connectivity index (χ1n) is 4.24. The normalized spacial score (nSPS) is 10.0. The van der Waals surface area contributed by atoms with Gasteiger partial charge in [-0.1, -0.05) is 24.3 Å². The molecule has 0 unspecified atom stereocenters. The molecule has 1 aromatic carbocycles. The van der Waals surface area contributed by atoms with Gasteiger partial charge in [-0.3, -0.25) is 0 Å². The monoisotopic (exact) mass is 191 g/mol. The molecule has 13 heavy (non-hydrogen) atoms. The Morgan fingerprint density at radius 2 is 1.85 bits per heavy atom. The van der Waals surface area contributed by atoms with E-state index in [1.165, 1.54) is 4.70 Å². The van der Waals surface area contributed by atoms with Crippen LogP contribution in [-0.4, -0.2) is 4.98 Å². The highest BCUT2D eigenvalue weighted by Gasteiger charge is 1.89. The molecule has 2 heteroatoms. The van der Waals surface area contributed by atoms with Crippen molar-refractivity contribution in [3.05, 3.63) is 41.9 Å². The third kappa shape index (κ3) is 2.99. The Kier molecular flexibility index (Phi) is 4.19. The SMILES string of the molecule is CC=CC.c1ccc2scnc2c1. The summed E-state index contributed by atoms with van der Waals surface area (Å²) in [7, 11) is 0. The van der Waals surface area contributed by atoms with Crippen LogP contribution in [0.2, 0.25) is 0 Å². The summed E-state index contributed by atoms with van der Waals surface area (Å²) in [4.78, 5) is 4.14. The van der Waals surface area contributed by atoms with E-state index >= 15 is 0 Å². The second-order valence-corrected chi connectivity index (χ2v) is 3.37. The molecule has 0 amide bonds. The third-order valence-corrected chi connectivity index (χ3v) is 2.38. The van der Waals surface area contributed by atoms with Gasteiger partial charge in [-0.15, -0.1) is 11.3 Å². The lowest BCUT2D eigenvalue weighted by Gasteiger charge is -1.80. The van der Waals surface area contributed by atoms with Crippen LogP contribution < -0.4 is 0 Å². The molecule has 68 valence electrons. The van der Waals surface area contributed by atoms with Crippen LogP contribution in [0.3, 0.4) is 0 Å². The van der Waals surface area contributed by atoms with Crippen molar-refractivity contribution in [1.29, 1.82) is 0 Å². The van der Waals surface area contributed by atoms with Crippen LogP contribution in [0, 0.1) is 0 Å². The summed E-state index contributed by atoms with van der Waals surface area (Å²) in [6.45, 7) is 4.00. The zero-order valence-corrected chi connectivity index (χ0v) is 8.71. The van der Waals surface area contributed by atoms with Gasteiger partial charge in [-0.2, -0.15) is 0 Å². The lowest BCUT2D eigenvalue weighted by molar-refractivity contribution is 1.50. The van der Waals surface area contributed by atoms with Gasteiger partial charge in [0, 0.05) is 0 Å². The van der Waals surface area contributed by atoms with Gasteiger partial charge in [-0.25, -0.2) is 4.98 Å². The number of fused-ring (bicyclic) bond motifs is 1. The predicted molar refractivity (Wildman–Crippen MR) is 60.1 cm³/mol. The largest absolute Gasteiger partial charge is 0.245 e. The van der Waals surface area contributed by atoms with E-state index in [0.717, 1.165) is 5.52 Å². The maximum absolute atomic E-state index is 4.14. The number of thiazole rings is 1. The summed E-state index contributed by atoms with van der Waals surface area (Å²) in [6.07, 6.45) is 4.00. The predicted octanol–water partition coefficient (Wildman–Crippen LogP) is 3.88. The molecule has 1 aromatic heterocycles. The van der Waals surface area contributed by atoms with E-state index in [1.54, 1.807) is 11.3 Å². The molecule has 0 bridgehead atoms. The van der Waals surface area contributed by atoms with Crippen molar-refractivity contribution in [2.45, 2.75) is 13.8 Å². The van der Waals surface area contributed by atoms with Gasteiger partial charge in [0.15, 0.2) is 0 Å². The van der Waals surface area contributed by atoms with Gasteiger partial charge in [0.05, 0.1) is 15.7 Å². The van der Waals surface area contributed by atoms with E-state index in [-0.39, 0.29) is 0 Å². The number of rotatable bonds is 0. The molecular formula is C11H13NS. The van der Waals surface area contributed by atoms with Crippen LogP contribution in [0.15, 0.2) is 41.9 Å². The number of allylic oxidation sites excluding steroid dienone is 2. The number of para-hydroxylation sites is 1. The van der Waals surface area contributed by atoms with E-state index in [4.69, 9.17) is 0 Å². The molecule has 0 spiro atoms. The van der Waals surface area contributed by atoms with Gasteiger partial charge >= 0.3 is 0 Å². The minimum atomic E-state index is 1.10. The molecule has 0 fully saturated rings. The van der Waals surface area contributed by atoms with Crippen LogP contribution in [0.1, 0.15) is 13.8 Å². The molecule has 2 rings (SSSR count). The Labute approximate surface area is 82.7 Å². The maximum Gasteiger partial charge on any atom is 0.0812 e. The minimum absolute atomic E-state index is 1.10. The van der Waals surface area contributed by atoms with Crippen LogP contribution in [0.4, 0.5) is 0 Å².